The van der Waals surface area contributed by atoms with Crippen LogP contribution in [-0.2, 0) is 35.1 Å². The summed E-state index contributed by atoms with van der Waals surface area (Å²) in [5.41, 5.74) is 9.71. The maximum atomic E-state index is 12.2. The highest BCUT2D eigenvalue weighted by atomic mass is 31.1. The maximum Gasteiger partial charge on any atom is 0.750 e. The number of nitrogens with zero attached hydrogens (tertiary/aromatic N) is 1. The predicted molar refractivity (Wildman–Crippen MR) is 94.6 cm³/mol. The van der Waals surface area contributed by atoms with E-state index >= 15 is 0 Å². The van der Waals surface area contributed by atoms with Gasteiger partial charge >= 0.3 is 8.25 Å². The van der Waals surface area contributed by atoms with Gasteiger partial charge in [0.15, 0.2) is 5.75 Å². The minimum Gasteiger partial charge on any atom is -0.506 e. The first kappa shape index (κ1) is 17.8. The molecule has 25 heavy (non-hydrogen) atoms. The molecule has 7 heteroatoms. The fourth-order valence-electron chi connectivity index (χ4n) is 3.10. The first-order valence-electron chi connectivity index (χ1n) is 8.35. The van der Waals surface area contributed by atoms with Crippen molar-refractivity contribution >= 4 is 8.25 Å². The number of aromatic nitrogens is 1. The monoisotopic (exact) mass is 361 g/mol. The van der Waals surface area contributed by atoms with Gasteiger partial charge in [-0.25, -0.2) is 4.52 Å². The molecule has 0 aliphatic heterocycles. The molecule has 1 atom stereocenters. The van der Waals surface area contributed by atoms with E-state index in [-0.39, 0.29) is 18.9 Å². The molecule has 0 saturated carbocycles. The highest BCUT2D eigenvalue weighted by Gasteiger charge is 2.27. The molecule has 1 aliphatic rings. The van der Waals surface area contributed by atoms with Gasteiger partial charge in [0, 0.05) is 34.0 Å². The van der Waals surface area contributed by atoms with Crippen molar-refractivity contribution in [1.82, 2.24) is 4.98 Å². The molecule has 1 unspecified atom stereocenters. The minimum atomic E-state index is -2.33. The van der Waals surface area contributed by atoms with E-state index in [9.17, 15) is 9.67 Å². The van der Waals surface area contributed by atoms with Crippen molar-refractivity contribution in [1.29, 1.82) is 0 Å². The van der Waals surface area contributed by atoms with Crippen LogP contribution in [-0.4, -0.2) is 10.1 Å². The van der Waals surface area contributed by atoms with Crippen LogP contribution >= 0.6 is 8.25 Å². The number of nitrogens with two attached hydrogens (primary N) is 1. The Morgan fingerprint density at radius 3 is 2.92 bits per heavy atom. The van der Waals surface area contributed by atoms with Crippen LogP contribution in [0.15, 0.2) is 24.4 Å². The second-order valence-corrected chi connectivity index (χ2v) is 6.98. The van der Waals surface area contributed by atoms with Gasteiger partial charge in [-0.05, 0) is 44.2 Å². The average molecular weight is 361 g/mol. The fraction of sp³-hybridized carbons (Fsp3) is 0.389. The van der Waals surface area contributed by atoms with Crippen LogP contribution in [0.3, 0.4) is 0 Å². The largest absolute Gasteiger partial charge is 0.750 e. The van der Waals surface area contributed by atoms with E-state index in [1.165, 1.54) is 12.0 Å². The zero-order valence-corrected chi connectivity index (χ0v) is 15.1. The number of pyridine rings is 1. The van der Waals surface area contributed by atoms with Crippen molar-refractivity contribution in [3.05, 3.63) is 52.3 Å². The smallest absolute Gasteiger partial charge is 0.506 e. The third-order valence-electron chi connectivity index (χ3n) is 4.49. The van der Waals surface area contributed by atoms with Crippen molar-refractivity contribution in [3.63, 3.8) is 0 Å². The Kier molecular flexibility index (Phi) is 5.63. The highest BCUT2D eigenvalue weighted by Crippen LogP contribution is 2.36. The second-order valence-electron chi connectivity index (χ2n) is 6.09. The van der Waals surface area contributed by atoms with E-state index in [0.29, 0.717) is 22.6 Å². The second kappa shape index (κ2) is 7.91. The van der Waals surface area contributed by atoms with E-state index in [1.807, 2.05) is 12.1 Å². The summed E-state index contributed by atoms with van der Waals surface area (Å²) in [7, 11) is -2.33. The van der Waals surface area contributed by atoms with Crippen LogP contribution in [0.2, 0.25) is 0 Å². The Labute approximate surface area is 147 Å². The quantitative estimate of drug-likeness (QED) is 0.762. The van der Waals surface area contributed by atoms with Gasteiger partial charge in [-0.15, -0.1) is 4.52 Å². The van der Waals surface area contributed by atoms with E-state index in [4.69, 9.17) is 14.8 Å². The SMILES string of the molecule is Cc1ncc(CO[P+](=O)Oc2cccc3c2CCCC3)c(CN)c1O. The molecule has 0 fully saturated rings. The first-order chi connectivity index (χ1) is 12.1. The van der Waals surface area contributed by atoms with Gasteiger partial charge in [-0.3, -0.25) is 4.98 Å². The molecule has 0 spiro atoms. The van der Waals surface area contributed by atoms with E-state index < -0.39 is 8.25 Å². The third-order valence-corrected chi connectivity index (χ3v) is 5.17. The number of aryl methyl sites for hydroxylation is 2. The van der Waals surface area contributed by atoms with E-state index in [0.717, 1.165) is 24.8 Å². The van der Waals surface area contributed by atoms with Crippen LogP contribution < -0.4 is 10.3 Å². The Morgan fingerprint density at radius 2 is 2.12 bits per heavy atom. The molecule has 1 aromatic heterocycles. The Hall–Kier alpha value is -2.01. The molecule has 0 radical (unpaired) electrons. The molecular weight excluding hydrogens is 339 g/mol. The zero-order chi connectivity index (χ0) is 17.8. The molecule has 132 valence electrons. The number of hydrogen-bond donors (Lipinski definition) is 2. The Bertz CT molecular complexity index is 795. The first-order valence-corrected chi connectivity index (χ1v) is 9.45. The lowest BCUT2D eigenvalue weighted by Gasteiger charge is -2.15. The number of fused-ring (bicyclic) bond motifs is 1. The third kappa shape index (κ3) is 3.98. The van der Waals surface area contributed by atoms with Gasteiger partial charge in [0.05, 0.1) is 5.69 Å². The summed E-state index contributed by atoms with van der Waals surface area (Å²) in [6.45, 7) is 1.86. The van der Waals surface area contributed by atoms with Crippen LogP contribution in [0.5, 0.6) is 11.5 Å². The summed E-state index contributed by atoms with van der Waals surface area (Å²) in [4.78, 5) is 4.09. The molecule has 1 aromatic carbocycles. The van der Waals surface area contributed by atoms with Crippen LogP contribution in [0.25, 0.3) is 0 Å². The molecular formula is C18H22N2O4P+. The molecule has 1 heterocycles. The molecule has 1 aliphatic carbocycles. The van der Waals surface area contributed by atoms with Crippen molar-refractivity contribution in [2.75, 3.05) is 0 Å². The van der Waals surface area contributed by atoms with Crippen LogP contribution in [0, 0.1) is 6.92 Å². The summed E-state index contributed by atoms with van der Waals surface area (Å²) in [6, 6.07) is 5.83. The molecule has 0 amide bonds. The number of rotatable bonds is 6. The summed E-state index contributed by atoms with van der Waals surface area (Å²) < 4.78 is 23.1. The maximum absolute atomic E-state index is 12.2. The normalized spacial score (nSPS) is 14.1. The fourth-order valence-corrected chi connectivity index (χ4v) is 3.73. The lowest BCUT2D eigenvalue weighted by atomic mass is 9.91. The molecule has 6 nitrogen and oxygen atoms in total. The van der Waals surface area contributed by atoms with Crippen molar-refractivity contribution in [3.8, 4) is 11.5 Å². The predicted octanol–water partition coefficient (Wildman–Crippen LogP) is 3.69. The minimum absolute atomic E-state index is 0.0115. The van der Waals surface area contributed by atoms with E-state index in [1.54, 1.807) is 13.1 Å². The van der Waals surface area contributed by atoms with Crippen molar-refractivity contribution in [2.24, 2.45) is 5.73 Å². The Balaban J connectivity index is 1.68. The molecule has 3 rings (SSSR count). The topological polar surface area (TPSA) is 94.7 Å². The number of aromatic hydroxyl groups is 1. The highest BCUT2D eigenvalue weighted by molar-refractivity contribution is 7.33. The average Bonchev–Trinajstić information content (AvgIpc) is 2.63. The number of benzene rings is 1. The summed E-state index contributed by atoms with van der Waals surface area (Å²) in [5.74, 6) is 0.680. The molecule has 3 N–H and O–H groups in total. The summed E-state index contributed by atoms with van der Waals surface area (Å²) >= 11 is 0. The zero-order valence-electron chi connectivity index (χ0n) is 14.2. The molecule has 0 saturated heterocycles. The van der Waals surface area contributed by atoms with Gasteiger partial charge in [-0.2, -0.15) is 0 Å². The van der Waals surface area contributed by atoms with Crippen molar-refractivity contribution in [2.45, 2.75) is 45.8 Å². The van der Waals surface area contributed by atoms with Crippen LogP contribution in [0.1, 0.15) is 40.8 Å². The number of hydrogen-bond acceptors (Lipinski definition) is 6. The lowest BCUT2D eigenvalue weighted by Crippen LogP contribution is -2.06. The molecule has 2 aromatic rings. The van der Waals surface area contributed by atoms with Gasteiger partial charge in [0.2, 0.25) is 0 Å². The van der Waals surface area contributed by atoms with Gasteiger partial charge in [0.1, 0.15) is 12.4 Å². The van der Waals surface area contributed by atoms with Crippen LogP contribution in [0.4, 0.5) is 0 Å². The lowest BCUT2D eigenvalue weighted by molar-refractivity contribution is 0.274. The van der Waals surface area contributed by atoms with Gasteiger partial charge < -0.3 is 10.8 Å². The summed E-state index contributed by atoms with van der Waals surface area (Å²) in [6.07, 6.45) is 5.81. The van der Waals surface area contributed by atoms with Crippen molar-refractivity contribution < 1.29 is 18.7 Å². The van der Waals surface area contributed by atoms with Gasteiger partial charge in [0.25, 0.3) is 0 Å². The van der Waals surface area contributed by atoms with E-state index in [2.05, 4.69) is 11.1 Å². The summed E-state index contributed by atoms with van der Waals surface area (Å²) in [5, 5.41) is 10.0. The standard InChI is InChI=1S/C18H21N2O4P/c1-12-18(21)16(9-19)14(10-20-12)11-23-25(22)24-17-8-4-6-13-5-2-3-7-15(13)17/h4,6,8,10H,2-3,5,7,9,11,19H2,1H3/p+1. The van der Waals surface area contributed by atoms with Gasteiger partial charge in [-0.1, -0.05) is 12.1 Å². The Morgan fingerprint density at radius 1 is 1.32 bits per heavy atom. The molecule has 0 bridgehead atoms.